The monoisotopic (exact) mass is 190 g/mol. The Bertz CT molecular complexity index is 403. The highest BCUT2D eigenvalue weighted by molar-refractivity contribution is 5.85. The van der Waals surface area contributed by atoms with Crippen LogP contribution in [0.4, 0.5) is 0 Å². The van der Waals surface area contributed by atoms with Gasteiger partial charge in [-0.2, -0.15) is 10.5 Å². The molecule has 1 saturated heterocycles. The molecule has 5 nitrogen and oxygen atoms in total. The maximum atomic E-state index is 11.2. The number of fused-ring (bicyclic) bond motifs is 2. The number of hydrogen-bond acceptors (Lipinski definition) is 5. The highest BCUT2D eigenvalue weighted by atomic mass is 16.6. The maximum Gasteiger partial charge on any atom is 0.344 e. The minimum atomic E-state index is -1.94. The van der Waals surface area contributed by atoms with Crippen molar-refractivity contribution in [1.82, 2.24) is 0 Å². The molecule has 5 heteroatoms. The Morgan fingerprint density at radius 2 is 2.21 bits per heavy atom. The molecule has 1 N–H and O–H groups in total. The summed E-state index contributed by atoms with van der Waals surface area (Å²) in [5.41, 5.74) is -1.94. The van der Waals surface area contributed by atoms with Crippen LogP contribution < -0.4 is 0 Å². The van der Waals surface area contributed by atoms with E-state index in [9.17, 15) is 9.90 Å². The highest BCUT2D eigenvalue weighted by Gasteiger charge is 2.58. The number of nitrogens with zero attached hydrogens (tertiary/aromatic N) is 2. The van der Waals surface area contributed by atoms with Crippen molar-refractivity contribution in [3.63, 3.8) is 0 Å². The van der Waals surface area contributed by atoms with Crippen molar-refractivity contribution in [3.8, 4) is 12.1 Å². The van der Waals surface area contributed by atoms with Crippen LogP contribution in [0.2, 0.25) is 0 Å². The minimum absolute atomic E-state index is 0.703. The minimum Gasteiger partial charge on any atom is -0.454 e. The normalized spacial score (nSPS) is 43.9. The fraction of sp³-hybridized carbons (Fsp3) is 0.444. The molecule has 3 rings (SSSR count). The molecule has 4 atom stereocenters. The lowest BCUT2D eigenvalue weighted by atomic mass is 9.70. The van der Waals surface area contributed by atoms with E-state index in [-0.39, 0.29) is 0 Å². The fourth-order valence-electron chi connectivity index (χ4n) is 1.78. The van der Waals surface area contributed by atoms with E-state index in [1.54, 1.807) is 6.07 Å². The molecular formula is C9H6N2O3. The second kappa shape index (κ2) is 2.57. The molecule has 14 heavy (non-hydrogen) atoms. The molecule has 2 heterocycles. The first-order valence-electron chi connectivity index (χ1n) is 4.05. The van der Waals surface area contributed by atoms with Crippen LogP contribution in [0.1, 0.15) is 0 Å². The first-order valence-corrected chi connectivity index (χ1v) is 4.05. The Hall–Kier alpha value is -1.85. The van der Waals surface area contributed by atoms with Crippen LogP contribution in [-0.4, -0.2) is 22.8 Å². The first kappa shape index (κ1) is 8.74. The van der Waals surface area contributed by atoms with Crippen LogP contribution in [0.25, 0.3) is 0 Å². The van der Waals surface area contributed by atoms with Crippen LogP contribution >= 0.6 is 0 Å². The van der Waals surface area contributed by atoms with Crippen molar-refractivity contribution in [1.29, 1.82) is 10.5 Å². The lowest BCUT2D eigenvalue weighted by molar-refractivity contribution is -0.185. The van der Waals surface area contributed by atoms with Crippen molar-refractivity contribution in [2.45, 2.75) is 11.7 Å². The Morgan fingerprint density at radius 1 is 1.50 bits per heavy atom. The third-order valence-corrected chi connectivity index (χ3v) is 2.59. The molecular weight excluding hydrogens is 184 g/mol. The van der Waals surface area contributed by atoms with Gasteiger partial charge in [-0.25, -0.2) is 4.79 Å². The molecule has 0 aromatic rings. The van der Waals surface area contributed by atoms with Gasteiger partial charge in [-0.15, -0.1) is 0 Å². The summed E-state index contributed by atoms with van der Waals surface area (Å²) in [4.78, 5) is 11.2. The van der Waals surface area contributed by atoms with E-state index < -0.39 is 29.5 Å². The smallest absolute Gasteiger partial charge is 0.344 e. The molecule has 3 aliphatic rings. The van der Waals surface area contributed by atoms with Gasteiger partial charge in [0.1, 0.15) is 17.9 Å². The lowest BCUT2D eigenvalue weighted by Crippen LogP contribution is -2.59. The van der Waals surface area contributed by atoms with E-state index in [1.165, 1.54) is 12.2 Å². The lowest BCUT2D eigenvalue weighted by Gasteiger charge is -2.42. The predicted octanol–water partition coefficient (Wildman–Crippen LogP) is -0.508. The molecule has 70 valence electrons. The fourth-order valence-corrected chi connectivity index (χ4v) is 1.78. The molecule has 1 aliphatic carbocycles. The summed E-state index contributed by atoms with van der Waals surface area (Å²) < 4.78 is 4.77. The zero-order chi connectivity index (χ0) is 10.3. The van der Waals surface area contributed by atoms with E-state index in [0.717, 1.165) is 0 Å². The highest BCUT2D eigenvalue weighted by Crippen LogP contribution is 2.40. The van der Waals surface area contributed by atoms with Crippen LogP contribution in [-0.2, 0) is 9.53 Å². The van der Waals surface area contributed by atoms with Gasteiger partial charge in [0.2, 0.25) is 0 Å². The summed E-state index contributed by atoms with van der Waals surface area (Å²) in [5.74, 6) is -2.67. The molecule has 0 saturated carbocycles. The van der Waals surface area contributed by atoms with E-state index in [2.05, 4.69) is 0 Å². The largest absolute Gasteiger partial charge is 0.454 e. The third-order valence-electron chi connectivity index (χ3n) is 2.59. The first-order chi connectivity index (χ1) is 6.63. The summed E-state index contributed by atoms with van der Waals surface area (Å²) in [6.45, 7) is 0. The summed E-state index contributed by atoms with van der Waals surface area (Å²) in [7, 11) is 0. The summed E-state index contributed by atoms with van der Waals surface area (Å²) in [5, 5.41) is 27.4. The molecule has 0 radical (unpaired) electrons. The number of esters is 1. The van der Waals surface area contributed by atoms with Gasteiger partial charge in [0.25, 0.3) is 0 Å². The van der Waals surface area contributed by atoms with Crippen molar-refractivity contribution in [2.24, 2.45) is 11.8 Å². The van der Waals surface area contributed by atoms with Gasteiger partial charge in [0.15, 0.2) is 5.60 Å². The number of rotatable bonds is 0. The van der Waals surface area contributed by atoms with Crippen molar-refractivity contribution >= 4 is 5.97 Å². The summed E-state index contributed by atoms with van der Waals surface area (Å²) in [6, 6.07) is 3.65. The quantitative estimate of drug-likeness (QED) is 0.410. The topological polar surface area (TPSA) is 94.1 Å². The number of ether oxygens (including phenoxy) is 1. The van der Waals surface area contributed by atoms with E-state index in [0.29, 0.717) is 0 Å². The van der Waals surface area contributed by atoms with Crippen LogP contribution in [0.15, 0.2) is 12.2 Å². The van der Waals surface area contributed by atoms with Crippen LogP contribution in [0.5, 0.6) is 0 Å². The average molecular weight is 190 g/mol. The van der Waals surface area contributed by atoms with Gasteiger partial charge >= 0.3 is 5.97 Å². The van der Waals surface area contributed by atoms with Gasteiger partial charge < -0.3 is 9.84 Å². The molecule has 0 aromatic carbocycles. The van der Waals surface area contributed by atoms with Crippen LogP contribution in [0, 0.1) is 34.5 Å². The second-order valence-corrected chi connectivity index (χ2v) is 3.32. The third kappa shape index (κ3) is 0.822. The Balaban J connectivity index is 2.53. The van der Waals surface area contributed by atoms with Gasteiger partial charge in [-0.1, -0.05) is 0 Å². The molecule has 4 unspecified atom stereocenters. The Morgan fingerprint density at radius 3 is 2.71 bits per heavy atom. The number of aliphatic hydroxyl groups is 1. The summed E-state index contributed by atoms with van der Waals surface area (Å²) in [6.07, 6.45) is 1.99. The number of carbonyl (C=O) groups excluding carboxylic acids is 1. The summed E-state index contributed by atoms with van der Waals surface area (Å²) >= 11 is 0. The van der Waals surface area contributed by atoms with E-state index in [1.807, 2.05) is 6.07 Å². The van der Waals surface area contributed by atoms with Crippen LogP contribution in [0.3, 0.4) is 0 Å². The number of hydrogen-bond donors (Lipinski definition) is 1. The Kier molecular flexibility index (Phi) is 1.60. The molecule has 1 fully saturated rings. The van der Waals surface area contributed by atoms with E-state index in [4.69, 9.17) is 15.3 Å². The van der Waals surface area contributed by atoms with Gasteiger partial charge in [-0.05, 0) is 12.2 Å². The van der Waals surface area contributed by atoms with Crippen molar-refractivity contribution in [3.05, 3.63) is 12.2 Å². The number of nitriles is 2. The predicted molar refractivity (Wildman–Crippen MR) is 42.2 cm³/mol. The molecule has 0 spiro atoms. The molecule has 2 bridgehead atoms. The number of carbonyl (C=O) groups is 1. The average Bonchev–Trinajstić information content (AvgIpc) is 2.18. The standard InChI is InChI=1S/C9H6N2O3/c10-3-5-6(4-11)9(13)2-1-7(5)14-8(9)12/h1-2,5-7,13H. The Labute approximate surface area is 79.8 Å². The van der Waals surface area contributed by atoms with Crippen molar-refractivity contribution < 1.29 is 14.6 Å². The van der Waals surface area contributed by atoms with Gasteiger partial charge in [0, 0.05) is 0 Å². The maximum absolute atomic E-state index is 11.2. The molecule has 0 amide bonds. The molecule has 2 aliphatic heterocycles. The van der Waals surface area contributed by atoms with E-state index >= 15 is 0 Å². The zero-order valence-corrected chi connectivity index (χ0v) is 7.04. The molecule has 0 aromatic heterocycles. The SMILES string of the molecule is N#CC1C2C=CC(O)(C(=O)O2)C1C#N. The zero-order valence-electron chi connectivity index (χ0n) is 7.04. The van der Waals surface area contributed by atoms with Crippen molar-refractivity contribution in [2.75, 3.05) is 0 Å². The van der Waals surface area contributed by atoms with Gasteiger partial charge in [0.05, 0.1) is 12.1 Å². The second-order valence-electron chi connectivity index (χ2n) is 3.32. The van der Waals surface area contributed by atoms with Gasteiger partial charge in [-0.3, -0.25) is 0 Å².